The lowest BCUT2D eigenvalue weighted by Crippen LogP contribution is -2.40. The number of hydrogen-bond donors (Lipinski definition) is 0. The molecule has 1 fully saturated rings. The quantitative estimate of drug-likeness (QED) is 0.627. The van der Waals surface area contributed by atoms with Crippen LogP contribution in [0.15, 0.2) is 39.8 Å². The zero-order valence-corrected chi connectivity index (χ0v) is 13.2. The van der Waals surface area contributed by atoms with Crippen molar-refractivity contribution < 1.29 is 9.53 Å². The lowest BCUT2D eigenvalue weighted by molar-refractivity contribution is -0.117. The van der Waals surface area contributed by atoms with Crippen LogP contribution in [0, 0.1) is 11.3 Å². The predicted molar refractivity (Wildman–Crippen MR) is 85.6 cm³/mol. The second-order valence-corrected chi connectivity index (χ2v) is 6.26. The highest BCUT2D eigenvalue weighted by Crippen LogP contribution is 2.46. The van der Waals surface area contributed by atoms with Crippen LogP contribution in [0.1, 0.15) is 0 Å². The van der Waals surface area contributed by atoms with E-state index in [1.165, 1.54) is 11.8 Å². The maximum atomic E-state index is 12.5. The van der Waals surface area contributed by atoms with Crippen LogP contribution in [0.4, 0.5) is 5.69 Å². The lowest BCUT2D eigenvalue weighted by Gasteiger charge is -2.26. The molecule has 0 radical (unpaired) electrons. The summed E-state index contributed by atoms with van der Waals surface area (Å²) >= 11 is 1.49. The van der Waals surface area contributed by atoms with E-state index in [0.717, 1.165) is 28.7 Å². The number of nitrogens with zero attached hydrogens (tertiary/aromatic N) is 3. The molecule has 114 valence electrons. The van der Waals surface area contributed by atoms with Gasteiger partial charge in [0, 0.05) is 25.0 Å². The highest BCUT2D eigenvalue weighted by Gasteiger charge is 2.28. The van der Waals surface area contributed by atoms with Crippen LogP contribution < -0.4 is 4.90 Å². The number of benzene rings is 1. The fourth-order valence-electron chi connectivity index (χ4n) is 2.59. The Balaban J connectivity index is 1.82. The first-order valence-corrected chi connectivity index (χ1v) is 8.00. The monoisotopic (exact) mass is 315 g/mol. The van der Waals surface area contributed by atoms with E-state index in [-0.39, 0.29) is 17.9 Å². The van der Waals surface area contributed by atoms with Gasteiger partial charge in [0.15, 0.2) is 5.78 Å². The fraction of sp³-hybridized carbons (Fsp3) is 0.375. The Morgan fingerprint density at radius 1 is 1.36 bits per heavy atom. The molecule has 1 saturated heterocycles. The molecule has 6 heteroatoms. The van der Waals surface area contributed by atoms with E-state index in [2.05, 4.69) is 6.07 Å². The van der Waals surface area contributed by atoms with Crippen molar-refractivity contribution in [3.63, 3.8) is 0 Å². The maximum Gasteiger partial charge on any atom is 0.190 e. The van der Waals surface area contributed by atoms with Gasteiger partial charge in [0.2, 0.25) is 0 Å². The van der Waals surface area contributed by atoms with Gasteiger partial charge in [0.1, 0.15) is 16.7 Å². The fourth-order valence-corrected chi connectivity index (χ4v) is 3.75. The van der Waals surface area contributed by atoms with E-state index in [1.807, 2.05) is 41.1 Å². The van der Waals surface area contributed by atoms with Crippen molar-refractivity contribution >= 4 is 23.2 Å². The Morgan fingerprint density at radius 2 is 2.09 bits per heavy atom. The number of nitriles is 1. The molecule has 1 aromatic carbocycles. The van der Waals surface area contributed by atoms with Crippen molar-refractivity contribution in [2.24, 2.45) is 0 Å². The molecule has 22 heavy (non-hydrogen) atoms. The minimum absolute atomic E-state index is 0.119. The topological polar surface area (TPSA) is 56.6 Å². The first kappa shape index (κ1) is 15.1. The molecule has 0 unspecified atom stereocenters. The molecule has 2 aliphatic rings. The SMILES string of the molecule is CN1/C(=C(\C#N)C(=O)CN2CCOCC2)Sc2ccccc21. The smallest absolute Gasteiger partial charge is 0.190 e. The Hall–Kier alpha value is -1.81. The molecule has 0 spiro atoms. The highest BCUT2D eigenvalue weighted by atomic mass is 32.2. The molecule has 0 atom stereocenters. The van der Waals surface area contributed by atoms with Gasteiger partial charge in [-0.1, -0.05) is 23.9 Å². The molecule has 3 rings (SSSR count). The zero-order valence-electron chi connectivity index (χ0n) is 12.4. The van der Waals surface area contributed by atoms with E-state index >= 15 is 0 Å². The number of anilines is 1. The van der Waals surface area contributed by atoms with Crippen LogP contribution in [-0.4, -0.2) is 50.6 Å². The number of para-hydroxylation sites is 1. The van der Waals surface area contributed by atoms with Gasteiger partial charge in [0.25, 0.3) is 0 Å². The summed E-state index contributed by atoms with van der Waals surface area (Å²) in [5.41, 5.74) is 1.28. The van der Waals surface area contributed by atoms with E-state index in [9.17, 15) is 10.1 Å². The summed E-state index contributed by atoms with van der Waals surface area (Å²) in [6.45, 7) is 3.05. The summed E-state index contributed by atoms with van der Waals surface area (Å²) in [6, 6.07) is 10.0. The molecule has 1 aromatic rings. The largest absolute Gasteiger partial charge is 0.379 e. The van der Waals surface area contributed by atoms with Crippen LogP contribution in [0.5, 0.6) is 0 Å². The van der Waals surface area contributed by atoms with Gasteiger partial charge in [-0.2, -0.15) is 5.26 Å². The van der Waals surface area contributed by atoms with Crippen LogP contribution in [0.2, 0.25) is 0 Å². The molecule has 0 saturated carbocycles. The van der Waals surface area contributed by atoms with Gasteiger partial charge in [-0.3, -0.25) is 9.69 Å². The normalized spacial score (nSPS) is 20.5. The van der Waals surface area contributed by atoms with Crippen LogP contribution in [0.3, 0.4) is 0 Å². The molecule has 0 N–H and O–H groups in total. The molecule has 0 bridgehead atoms. The van der Waals surface area contributed by atoms with E-state index in [4.69, 9.17) is 4.74 Å². The Morgan fingerprint density at radius 3 is 2.77 bits per heavy atom. The molecule has 0 aromatic heterocycles. The average molecular weight is 315 g/mol. The van der Waals surface area contributed by atoms with Crippen molar-refractivity contribution in [1.82, 2.24) is 4.90 Å². The number of carbonyl (C=O) groups is 1. The van der Waals surface area contributed by atoms with Gasteiger partial charge < -0.3 is 9.64 Å². The molecule has 0 amide bonds. The minimum Gasteiger partial charge on any atom is -0.379 e. The van der Waals surface area contributed by atoms with Gasteiger partial charge in [-0.15, -0.1) is 0 Å². The van der Waals surface area contributed by atoms with Gasteiger partial charge in [-0.25, -0.2) is 0 Å². The van der Waals surface area contributed by atoms with Crippen molar-refractivity contribution in [2.45, 2.75) is 4.90 Å². The zero-order chi connectivity index (χ0) is 15.5. The Kier molecular flexibility index (Phi) is 4.48. The molecular weight excluding hydrogens is 298 g/mol. The number of carbonyl (C=O) groups excluding carboxylic acids is 1. The lowest BCUT2D eigenvalue weighted by atomic mass is 10.1. The summed E-state index contributed by atoms with van der Waals surface area (Å²) in [4.78, 5) is 17.6. The third-order valence-electron chi connectivity index (χ3n) is 3.81. The van der Waals surface area contributed by atoms with Crippen LogP contribution in [-0.2, 0) is 9.53 Å². The van der Waals surface area contributed by atoms with Gasteiger partial charge in [0.05, 0.1) is 25.4 Å². The molecule has 2 aliphatic heterocycles. The summed E-state index contributed by atoms with van der Waals surface area (Å²) in [5, 5.41) is 10.2. The summed E-state index contributed by atoms with van der Waals surface area (Å²) in [7, 11) is 1.90. The number of Topliss-reactive ketones (excluding diaryl/α,β-unsaturated/α-hetero) is 1. The number of hydrogen-bond acceptors (Lipinski definition) is 6. The highest BCUT2D eigenvalue weighted by molar-refractivity contribution is 8.03. The summed E-state index contributed by atoms with van der Waals surface area (Å²) in [6.07, 6.45) is 0. The van der Waals surface area contributed by atoms with Gasteiger partial charge in [-0.05, 0) is 12.1 Å². The van der Waals surface area contributed by atoms with E-state index in [0.29, 0.717) is 13.2 Å². The van der Waals surface area contributed by atoms with E-state index < -0.39 is 0 Å². The van der Waals surface area contributed by atoms with Crippen LogP contribution >= 0.6 is 11.8 Å². The van der Waals surface area contributed by atoms with Crippen molar-refractivity contribution in [2.75, 3.05) is 44.8 Å². The third kappa shape index (κ3) is 2.88. The van der Waals surface area contributed by atoms with Crippen molar-refractivity contribution in [3.8, 4) is 6.07 Å². The van der Waals surface area contributed by atoms with Crippen molar-refractivity contribution in [1.29, 1.82) is 5.26 Å². The van der Waals surface area contributed by atoms with E-state index in [1.54, 1.807) is 0 Å². The number of thioether (sulfide) groups is 1. The number of morpholine rings is 1. The number of ether oxygens (including phenoxy) is 1. The number of ketones is 1. The Labute approximate surface area is 134 Å². The predicted octanol–water partition coefficient (Wildman–Crippen LogP) is 1.86. The second kappa shape index (κ2) is 6.53. The minimum atomic E-state index is -0.119. The first-order valence-electron chi connectivity index (χ1n) is 7.19. The molecule has 0 aliphatic carbocycles. The summed E-state index contributed by atoms with van der Waals surface area (Å²) in [5.74, 6) is -0.119. The summed E-state index contributed by atoms with van der Waals surface area (Å²) < 4.78 is 5.28. The van der Waals surface area contributed by atoms with Crippen molar-refractivity contribution in [3.05, 3.63) is 34.9 Å². The maximum absolute atomic E-state index is 12.5. The number of fused-ring (bicyclic) bond motifs is 1. The average Bonchev–Trinajstić information content (AvgIpc) is 2.87. The van der Waals surface area contributed by atoms with Gasteiger partial charge >= 0.3 is 0 Å². The standard InChI is InChI=1S/C16H17N3O2S/c1-18-13-4-2-3-5-15(13)22-16(18)12(10-17)14(20)11-19-6-8-21-9-7-19/h2-5H,6-9,11H2,1H3/b16-12-. The first-order chi connectivity index (χ1) is 10.7. The number of rotatable bonds is 3. The molecule has 5 nitrogen and oxygen atoms in total. The molecule has 2 heterocycles. The Bertz CT molecular complexity index is 660. The third-order valence-corrected chi connectivity index (χ3v) is 5.05. The molecular formula is C16H17N3O2S. The van der Waals surface area contributed by atoms with Crippen LogP contribution in [0.25, 0.3) is 0 Å². The second-order valence-electron chi connectivity index (χ2n) is 5.23.